The highest BCUT2D eigenvalue weighted by Crippen LogP contribution is 2.38. The fourth-order valence-electron chi connectivity index (χ4n) is 4.56. The standard InChI is InChI=1S/C28H27N5O4S/c1-16-10-19(26(37)29-12-16)21-4-3-5-22(31-21)23-14-38-27(32-23)33-24(35)13-30-25(36)18-7-6-17-8-9-28(2,15-34)20(17)11-18/h3-7,10-12,14,34H,8-9,13,15H2,1-2H3,(H,29,37)(H,30,36)(H,32,33,35)/t28-/m0/s1. The maximum absolute atomic E-state index is 12.7. The zero-order valence-electron chi connectivity index (χ0n) is 21.0. The van der Waals surface area contributed by atoms with Crippen molar-refractivity contribution in [1.29, 1.82) is 0 Å². The molecular weight excluding hydrogens is 502 g/mol. The van der Waals surface area contributed by atoms with Crippen molar-refractivity contribution >= 4 is 28.3 Å². The molecule has 10 heteroatoms. The lowest BCUT2D eigenvalue weighted by Gasteiger charge is -2.22. The molecule has 4 N–H and O–H groups in total. The van der Waals surface area contributed by atoms with Crippen molar-refractivity contribution in [2.45, 2.75) is 32.1 Å². The van der Waals surface area contributed by atoms with Crippen LogP contribution in [0.25, 0.3) is 22.6 Å². The quantitative estimate of drug-likeness (QED) is 0.285. The van der Waals surface area contributed by atoms with Gasteiger partial charge in [0.1, 0.15) is 5.69 Å². The van der Waals surface area contributed by atoms with E-state index in [1.54, 1.807) is 29.8 Å². The van der Waals surface area contributed by atoms with Gasteiger partial charge in [-0.25, -0.2) is 15.0 Å². The van der Waals surface area contributed by atoms with Crippen LogP contribution < -0.4 is 10.6 Å². The van der Waals surface area contributed by atoms with Crippen LogP contribution in [0.3, 0.4) is 0 Å². The lowest BCUT2D eigenvalue weighted by atomic mass is 9.84. The Kier molecular flexibility index (Phi) is 6.92. The minimum atomic E-state index is -0.405. The normalized spacial score (nSPS) is 16.2. The minimum Gasteiger partial charge on any atom is -0.493 e. The first kappa shape index (κ1) is 25.5. The maximum atomic E-state index is 12.7. The van der Waals surface area contributed by atoms with Crippen molar-refractivity contribution in [2.24, 2.45) is 0 Å². The van der Waals surface area contributed by atoms with E-state index in [1.165, 1.54) is 11.3 Å². The number of rotatable bonds is 7. The van der Waals surface area contributed by atoms with Gasteiger partial charge in [-0.15, -0.1) is 11.3 Å². The summed E-state index contributed by atoms with van der Waals surface area (Å²) in [5.41, 5.74) is 5.37. The third-order valence-electron chi connectivity index (χ3n) is 6.77. The maximum Gasteiger partial charge on any atom is 0.251 e. The third-order valence-corrected chi connectivity index (χ3v) is 7.53. The van der Waals surface area contributed by atoms with Crippen LogP contribution in [0.1, 0.15) is 40.4 Å². The molecule has 3 heterocycles. The number of nitrogens with zero attached hydrogens (tertiary/aromatic N) is 3. The van der Waals surface area contributed by atoms with Gasteiger partial charge in [-0.3, -0.25) is 9.59 Å². The van der Waals surface area contributed by atoms with Crippen LogP contribution in [0.15, 0.2) is 54.0 Å². The highest BCUT2D eigenvalue weighted by atomic mass is 32.1. The largest absolute Gasteiger partial charge is 0.493 e. The molecular formula is C28H27N5O4S. The first-order valence-corrected chi connectivity index (χ1v) is 13.0. The Morgan fingerprint density at radius 3 is 2.74 bits per heavy atom. The van der Waals surface area contributed by atoms with E-state index in [9.17, 15) is 19.8 Å². The van der Waals surface area contributed by atoms with E-state index in [1.807, 2.05) is 38.1 Å². The summed E-state index contributed by atoms with van der Waals surface area (Å²) in [5.74, 6) is -0.862. The number of aromatic nitrogens is 3. The number of benzene rings is 1. The highest BCUT2D eigenvalue weighted by Gasteiger charge is 2.34. The summed E-state index contributed by atoms with van der Waals surface area (Å²) in [6.07, 6.45) is 3.30. The van der Waals surface area contributed by atoms with Gasteiger partial charge < -0.3 is 20.8 Å². The predicted octanol–water partition coefficient (Wildman–Crippen LogP) is 3.85. The molecule has 1 aliphatic rings. The number of hydrogen-bond donors (Lipinski definition) is 4. The van der Waals surface area contributed by atoms with Gasteiger partial charge in [0, 0.05) is 22.6 Å². The van der Waals surface area contributed by atoms with Gasteiger partial charge >= 0.3 is 0 Å². The number of aliphatic hydroxyl groups is 1. The number of carbonyl (C=O) groups is 2. The zero-order valence-corrected chi connectivity index (χ0v) is 21.8. The number of fused-ring (bicyclic) bond motifs is 1. The fourth-order valence-corrected chi connectivity index (χ4v) is 5.28. The van der Waals surface area contributed by atoms with Crippen LogP contribution in [0.5, 0.6) is 5.88 Å². The summed E-state index contributed by atoms with van der Waals surface area (Å²) >= 11 is 1.25. The Balaban J connectivity index is 1.22. The molecule has 0 aliphatic heterocycles. The van der Waals surface area contributed by atoms with Crippen molar-refractivity contribution in [3.05, 3.63) is 76.3 Å². The van der Waals surface area contributed by atoms with E-state index in [2.05, 4.69) is 25.6 Å². The smallest absolute Gasteiger partial charge is 0.251 e. The first-order chi connectivity index (χ1) is 18.3. The SMILES string of the molecule is Cc1cnc(O)c(-c2cccc(-c3csc(NC(=O)CNC(=O)c4ccc5c(c4)[C@](C)(CO)CC5)n3)n2)c1. The molecule has 194 valence electrons. The van der Waals surface area contributed by atoms with Crippen molar-refractivity contribution in [3.63, 3.8) is 0 Å². The van der Waals surface area contributed by atoms with Gasteiger partial charge in [0.05, 0.1) is 30.1 Å². The molecule has 9 nitrogen and oxygen atoms in total. The topological polar surface area (TPSA) is 137 Å². The van der Waals surface area contributed by atoms with E-state index in [0.717, 1.165) is 29.5 Å². The number of pyridine rings is 2. The molecule has 0 bridgehead atoms. The summed E-state index contributed by atoms with van der Waals surface area (Å²) in [4.78, 5) is 38.2. The molecule has 4 aromatic rings. The molecule has 0 radical (unpaired) electrons. The Morgan fingerprint density at radius 2 is 1.92 bits per heavy atom. The van der Waals surface area contributed by atoms with Crippen LogP contribution in [-0.4, -0.2) is 50.1 Å². The number of hydrogen-bond acceptors (Lipinski definition) is 8. The second-order valence-corrected chi connectivity index (χ2v) is 10.5. The molecule has 0 spiro atoms. The van der Waals surface area contributed by atoms with Gasteiger partial charge in [0.15, 0.2) is 5.13 Å². The van der Waals surface area contributed by atoms with Gasteiger partial charge in [0.25, 0.3) is 5.91 Å². The van der Waals surface area contributed by atoms with Gasteiger partial charge in [-0.2, -0.15) is 0 Å². The number of aliphatic hydroxyl groups excluding tert-OH is 1. The average molecular weight is 530 g/mol. The third kappa shape index (κ3) is 5.13. The Hall–Kier alpha value is -4.15. The highest BCUT2D eigenvalue weighted by molar-refractivity contribution is 7.14. The van der Waals surface area contributed by atoms with Crippen LogP contribution in [0.4, 0.5) is 5.13 Å². The van der Waals surface area contributed by atoms with Gasteiger partial charge in [-0.05, 0) is 66.8 Å². The number of amides is 2. The number of aromatic hydroxyl groups is 1. The summed E-state index contributed by atoms with van der Waals surface area (Å²) in [5, 5.41) is 27.5. The molecule has 1 aromatic carbocycles. The number of thiazole rings is 1. The summed E-state index contributed by atoms with van der Waals surface area (Å²) in [7, 11) is 0. The molecule has 38 heavy (non-hydrogen) atoms. The second-order valence-electron chi connectivity index (χ2n) is 9.65. The zero-order chi connectivity index (χ0) is 26.9. The van der Waals surface area contributed by atoms with Crippen LogP contribution in [0.2, 0.25) is 0 Å². The molecule has 1 atom stereocenters. The van der Waals surface area contributed by atoms with Crippen molar-refractivity contribution in [2.75, 3.05) is 18.5 Å². The number of aryl methyl sites for hydroxylation is 2. The molecule has 0 unspecified atom stereocenters. The average Bonchev–Trinajstić information content (AvgIpc) is 3.53. The molecule has 2 amide bonds. The summed E-state index contributed by atoms with van der Waals surface area (Å²) < 4.78 is 0. The van der Waals surface area contributed by atoms with Crippen molar-refractivity contribution in [1.82, 2.24) is 20.3 Å². The van der Waals surface area contributed by atoms with E-state index in [0.29, 0.717) is 33.3 Å². The summed E-state index contributed by atoms with van der Waals surface area (Å²) in [6, 6.07) is 12.7. The lowest BCUT2D eigenvalue weighted by Crippen LogP contribution is -2.33. The Bertz CT molecular complexity index is 1540. The number of carbonyl (C=O) groups excluding carboxylic acids is 2. The van der Waals surface area contributed by atoms with Gasteiger partial charge in [-0.1, -0.05) is 19.1 Å². The molecule has 3 aromatic heterocycles. The van der Waals surface area contributed by atoms with Crippen LogP contribution in [-0.2, 0) is 16.6 Å². The van der Waals surface area contributed by atoms with Crippen LogP contribution >= 0.6 is 11.3 Å². The monoisotopic (exact) mass is 529 g/mol. The van der Waals surface area contributed by atoms with Crippen molar-refractivity contribution in [3.8, 4) is 28.5 Å². The number of nitrogens with one attached hydrogen (secondary N) is 2. The minimum absolute atomic E-state index is 0.0225. The van der Waals surface area contributed by atoms with E-state index < -0.39 is 5.91 Å². The fraction of sp³-hybridized carbons (Fsp3) is 0.250. The van der Waals surface area contributed by atoms with E-state index >= 15 is 0 Å². The van der Waals surface area contributed by atoms with Crippen LogP contribution in [0, 0.1) is 6.92 Å². The predicted molar refractivity (Wildman–Crippen MR) is 145 cm³/mol. The van der Waals surface area contributed by atoms with Gasteiger partial charge in [0.2, 0.25) is 11.8 Å². The molecule has 1 aliphatic carbocycles. The second kappa shape index (κ2) is 10.3. The van der Waals surface area contributed by atoms with Crippen molar-refractivity contribution < 1.29 is 19.8 Å². The molecule has 0 fully saturated rings. The number of anilines is 1. The Morgan fingerprint density at radius 1 is 1.11 bits per heavy atom. The van der Waals surface area contributed by atoms with E-state index in [-0.39, 0.29) is 30.4 Å². The first-order valence-electron chi connectivity index (χ1n) is 12.2. The lowest BCUT2D eigenvalue weighted by molar-refractivity contribution is -0.115. The Labute approximate surface area is 223 Å². The molecule has 0 saturated heterocycles. The summed E-state index contributed by atoms with van der Waals surface area (Å²) in [6.45, 7) is 3.69. The van der Waals surface area contributed by atoms with E-state index in [4.69, 9.17) is 0 Å². The molecule has 0 saturated carbocycles. The molecule has 5 rings (SSSR count).